The fourth-order valence-electron chi connectivity index (χ4n) is 19.0. The summed E-state index contributed by atoms with van der Waals surface area (Å²) in [5.74, 6) is 0. The molecular weight excluding hydrogens is 2020 g/mol. The largest absolute Gasteiger partial charge is 0.356 e. The number of hydrogen-bond donors (Lipinski definition) is 2. The Balaban J connectivity index is 0.000000117. The molecule has 26 aromatic rings. The third kappa shape index (κ3) is 18.9. The Hall–Kier alpha value is -15.8. The first-order valence-corrected chi connectivity index (χ1v) is 50.8. The first-order valence-electron chi connectivity index (χ1n) is 46.3. The second-order valence-electron chi connectivity index (χ2n) is 33.7. The fourth-order valence-corrected chi connectivity index (χ4v) is 19.8. The van der Waals surface area contributed by atoms with Crippen LogP contribution in [0.3, 0.4) is 0 Å². The molecule has 6 heterocycles. The quantitative estimate of drug-likeness (QED) is 0.0842. The molecule has 0 fully saturated rings. The van der Waals surface area contributed by atoms with E-state index in [2.05, 4.69) is 600 Å². The average Bonchev–Trinajstić information content (AvgIpc) is 1.54. The molecule has 0 amide bonds. The van der Waals surface area contributed by atoms with Crippen molar-refractivity contribution in [1.82, 2.24) is 27.8 Å². The van der Waals surface area contributed by atoms with Crippen molar-refractivity contribution in [3.8, 4) is 72.9 Å². The predicted molar refractivity (Wildman–Crippen MR) is 617 cm³/mol. The van der Waals surface area contributed by atoms with Gasteiger partial charge in [0.25, 0.3) is 0 Å². The van der Waals surface area contributed by atoms with Crippen LogP contribution < -0.4 is 10.2 Å². The van der Waals surface area contributed by atoms with Crippen molar-refractivity contribution >= 4 is 197 Å². The zero-order valence-electron chi connectivity index (χ0n) is 75.9. The number of nitrogens with zero attached hydrogens (tertiary/aromatic N) is 6. The molecule has 8 nitrogen and oxygen atoms in total. The van der Waals surface area contributed by atoms with Gasteiger partial charge in [0, 0.05) is 124 Å². The third-order valence-electron chi connectivity index (χ3n) is 25.3. The molecule has 0 atom stereocenters. The number of rotatable bonds is 14. The van der Waals surface area contributed by atoms with Gasteiger partial charge in [0.1, 0.15) is 16.9 Å². The number of benzene rings is 20. The van der Waals surface area contributed by atoms with Gasteiger partial charge in [-0.15, -0.1) is 0 Å². The first kappa shape index (κ1) is 91.9. The Bertz CT molecular complexity index is 8490. The van der Waals surface area contributed by atoms with Crippen LogP contribution in [0.4, 0.5) is 28.4 Å². The van der Waals surface area contributed by atoms with E-state index in [1.54, 1.807) is 0 Å². The van der Waals surface area contributed by atoms with Crippen molar-refractivity contribution in [2.75, 3.05) is 15.1 Å². The zero-order valence-corrected chi connectivity index (χ0v) is 82.8. The maximum absolute atomic E-state index is 3.60. The number of aromatic amines is 1. The normalized spacial score (nSPS) is 11.0. The number of aromatic nitrogens is 6. The van der Waals surface area contributed by atoms with E-state index in [1.165, 1.54) is 143 Å². The van der Waals surface area contributed by atoms with Crippen LogP contribution >= 0.6 is 70.4 Å². The smallest absolute Gasteiger partial charge is 0.131 e. The molecule has 0 spiro atoms. The predicted octanol–water partition coefficient (Wildman–Crippen LogP) is 37.9. The van der Waals surface area contributed by atoms with Crippen molar-refractivity contribution in [2.24, 2.45) is 0 Å². The molecule has 20 aromatic carbocycles. The molecule has 2 N–H and O–H groups in total. The van der Waals surface area contributed by atoms with E-state index in [0.29, 0.717) is 0 Å². The van der Waals surface area contributed by atoms with Gasteiger partial charge in [-0.05, 0) is 244 Å². The molecule has 676 valence electrons. The molecule has 0 aliphatic heterocycles. The summed E-state index contributed by atoms with van der Waals surface area (Å²) in [4.78, 5) is 7.91. The first-order chi connectivity index (χ1) is 68.7. The average molecular weight is 2110 g/mol. The second-order valence-corrected chi connectivity index (χ2v) is 36.4. The van der Waals surface area contributed by atoms with Gasteiger partial charge in [-0.2, -0.15) is 0 Å². The number of anilines is 5. The Labute approximate surface area is 854 Å². The maximum atomic E-state index is 3.60. The standard InChI is InChI=1S/C50H35N3.C26H17BrN2.C24H19N.C20H14N2.C6H4Br2.CH3I.CH4/c1-4-14-36(15-5-1)38-24-28-41(29-25-38)51(42-30-26-39(27-31-42)37-16-6-2-7-17-37)43-32-34-44(35-33-43)53-48-23-13-11-21-46(48)49-45-20-10-12-22-47(45)52(50(49)53)40-18-8-3-9-19-40;27-18-14-16-20(17-15-18)29-24-13-7-5-11-22(24)25-21-10-4-6-12-23(21)28(26(25)29)19-8-2-1-3-9-19;1-3-7-19(8-4-1)21-11-15-23(16-12-21)25-24-17-13-22(14-18-24)20-9-5-2-6-10-20;1-2-8-14(9-3-1)22-18-13-7-5-11-16(18)19-15-10-4-6-12-17(15)21-20(19)22;7-5-1-2-6(8)4-3-5;1-2;/h1-35H;1-17H;1-18,25H;1-13,21H;1-4H;1H3;1H4. The molecular formula is C128H96Br3IN8. The van der Waals surface area contributed by atoms with Crippen molar-refractivity contribution in [3.05, 3.63) is 541 Å². The molecule has 6 aromatic heterocycles. The highest BCUT2D eigenvalue weighted by Crippen LogP contribution is 2.46. The van der Waals surface area contributed by atoms with E-state index >= 15 is 0 Å². The summed E-state index contributed by atoms with van der Waals surface area (Å²) >= 11 is 12.4. The van der Waals surface area contributed by atoms with Crippen LogP contribution in [0.1, 0.15) is 7.43 Å². The van der Waals surface area contributed by atoms with Gasteiger partial charge in [-0.3, -0.25) is 22.8 Å². The van der Waals surface area contributed by atoms with Crippen LogP contribution in [0.5, 0.6) is 0 Å². The van der Waals surface area contributed by atoms with Gasteiger partial charge in [0.15, 0.2) is 0 Å². The van der Waals surface area contributed by atoms with Crippen molar-refractivity contribution in [1.29, 1.82) is 0 Å². The number of fused-ring (bicyclic) bond motifs is 15. The topological polar surface area (TPSA) is 55.7 Å². The number of H-pyrrole nitrogens is 1. The van der Waals surface area contributed by atoms with Crippen molar-refractivity contribution < 1.29 is 0 Å². The molecule has 140 heavy (non-hydrogen) atoms. The van der Waals surface area contributed by atoms with Crippen LogP contribution in [-0.2, 0) is 0 Å². The van der Waals surface area contributed by atoms with Crippen molar-refractivity contribution in [2.45, 2.75) is 7.43 Å². The molecule has 0 saturated heterocycles. The minimum absolute atomic E-state index is 0. The van der Waals surface area contributed by atoms with E-state index < -0.39 is 0 Å². The van der Waals surface area contributed by atoms with Crippen LogP contribution in [0.25, 0.3) is 171 Å². The van der Waals surface area contributed by atoms with E-state index in [-0.39, 0.29) is 7.43 Å². The lowest BCUT2D eigenvalue weighted by atomic mass is 10.0. The molecule has 0 unspecified atom stereocenters. The lowest BCUT2D eigenvalue weighted by Gasteiger charge is -2.26. The summed E-state index contributed by atoms with van der Waals surface area (Å²) in [6, 6.07) is 186. The lowest BCUT2D eigenvalue weighted by Crippen LogP contribution is -2.10. The number of para-hydroxylation sites is 9. The van der Waals surface area contributed by atoms with Gasteiger partial charge in [0.05, 0.1) is 27.6 Å². The Morgan fingerprint density at radius 3 is 0.736 bits per heavy atom. The molecule has 12 heteroatoms. The molecule has 0 aliphatic carbocycles. The fraction of sp³-hybridized carbons (Fsp3) is 0.0156. The van der Waals surface area contributed by atoms with Crippen LogP contribution in [-0.4, -0.2) is 32.7 Å². The Kier molecular flexibility index (Phi) is 27.9. The summed E-state index contributed by atoms with van der Waals surface area (Å²) in [6.07, 6.45) is 0. The van der Waals surface area contributed by atoms with E-state index in [9.17, 15) is 0 Å². The maximum Gasteiger partial charge on any atom is 0.131 e. The Morgan fingerprint density at radius 2 is 0.421 bits per heavy atom. The number of nitrogens with one attached hydrogen (secondary N) is 2. The molecule has 26 rings (SSSR count). The Morgan fingerprint density at radius 1 is 0.207 bits per heavy atom. The van der Waals surface area contributed by atoms with Gasteiger partial charge in [0.2, 0.25) is 0 Å². The molecule has 0 saturated carbocycles. The number of hydrogen-bond acceptors (Lipinski definition) is 2. The monoisotopic (exact) mass is 2110 g/mol. The van der Waals surface area contributed by atoms with Crippen molar-refractivity contribution in [3.63, 3.8) is 0 Å². The van der Waals surface area contributed by atoms with Crippen LogP contribution in [0.2, 0.25) is 0 Å². The van der Waals surface area contributed by atoms with Gasteiger partial charge < -0.3 is 15.2 Å². The van der Waals surface area contributed by atoms with Gasteiger partial charge in [-0.1, -0.05) is 411 Å². The zero-order chi connectivity index (χ0) is 93.9. The second kappa shape index (κ2) is 42.4. The highest BCUT2D eigenvalue weighted by Gasteiger charge is 2.26. The summed E-state index contributed by atoms with van der Waals surface area (Å²) < 4.78 is 15.2. The molecule has 0 aliphatic rings. The molecule has 0 bridgehead atoms. The highest BCUT2D eigenvalue weighted by atomic mass is 127. The highest BCUT2D eigenvalue weighted by molar-refractivity contribution is 14.1. The van der Waals surface area contributed by atoms with Crippen LogP contribution in [0, 0.1) is 0 Å². The summed E-state index contributed by atoms with van der Waals surface area (Å²) in [5, 5.41) is 14.9. The third-order valence-corrected chi connectivity index (χ3v) is 26.9. The van der Waals surface area contributed by atoms with Crippen LogP contribution in [0.15, 0.2) is 541 Å². The van der Waals surface area contributed by atoms with Gasteiger partial charge in [-0.25, -0.2) is 0 Å². The summed E-state index contributed by atoms with van der Waals surface area (Å²) in [7, 11) is 0. The van der Waals surface area contributed by atoms with Gasteiger partial charge >= 0.3 is 0 Å². The summed E-state index contributed by atoms with van der Waals surface area (Å²) in [6.45, 7) is 0. The minimum atomic E-state index is 0. The van der Waals surface area contributed by atoms with E-state index in [0.717, 1.165) is 70.2 Å². The van der Waals surface area contributed by atoms with E-state index in [4.69, 9.17) is 0 Å². The molecule has 0 radical (unpaired) electrons. The SMILES string of the molecule is Brc1ccc(-n2c3ccccc3c3c4ccccc4n(-c4ccccc4)c32)cc1.Brc1ccc(Br)cc1.C.CI.c1ccc(-c2ccc(N(c3ccc(-c4ccccc4)cc3)c3ccc(-n4c5ccccc5c5c6ccccc6n(-c6ccccc6)c54)cc3)cc2)cc1.c1ccc(-c2ccc(Nc3ccc(-c4ccccc4)cc3)cc2)cc1.c1ccc(-n2c3ccccc3c3c4ccccc4[nH]c32)cc1. The van der Waals surface area contributed by atoms with E-state index in [1.807, 2.05) is 41.3 Å². The lowest BCUT2D eigenvalue weighted by molar-refractivity contribution is 1.07. The minimum Gasteiger partial charge on any atom is -0.356 e. The summed E-state index contributed by atoms with van der Waals surface area (Å²) in [5.41, 5.74) is 31.7. The number of halogens is 4. The number of alkyl halides is 1.